The Morgan fingerprint density at radius 1 is 1.50 bits per heavy atom. The summed E-state index contributed by atoms with van der Waals surface area (Å²) in [5, 5.41) is 2.36. The van der Waals surface area contributed by atoms with E-state index in [1.54, 1.807) is 7.05 Å². The summed E-state index contributed by atoms with van der Waals surface area (Å²) in [6.45, 7) is 3.99. The summed E-state index contributed by atoms with van der Waals surface area (Å²) >= 11 is 4.60. The number of nitrogens with two attached hydrogens (primary N) is 1. The second-order valence-electron chi connectivity index (χ2n) is 3.70. The van der Waals surface area contributed by atoms with E-state index in [0.29, 0.717) is 0 Å². The topological polar surface area (TPSA) is 75.4 Å². The van der Waals surface area contributed by atoms with Crippen LogP contribution in [0.3, 0.4) is 0 Å². The van der Waals surface area contributed by atoms with Gasteiger partial charge in [0.05, 0.1) is 11.5 Å². The number of thiocarbonyl (C=S) groups is 1. The molecule has 0 aliphatic carbocycles. The summed E-state index contributed by atoms with van der Waals surface area (Å²) in [4.78, 5) is 24.6. The average Bonchev–Trinajstić information content (AvgIpc) is 2.23. The van der Waals surface area contributed by atoms with Gasteiger partial charge in [-0.25, -0.2) is 0 Å². The van der Waals surface area contributed by atoms with Crippen molar-refractivity contribution in [2.24, 2.45) is 5.73 Å². The maximum atomic E-state index is 11.6. The van der Waals surface area contributed by atoms with Crippen LogP contribution in [0.1, 0.15) is 26.7 Å². The highest BCUT2D eigenvalue weighted by atomic mass is 32.1. The third-order valence-electron chi connectivity index (χ3n) is 2.31. The molecule has 0 aromatic heterocycles. The van der Waals surface area contributed by atoms with Gasteiger partial charge in [0.2, 0.25) is 0 Å². The van der Waals surface area contributed by atoms with E-state index in [0.717, 1.165) is 12.8 Å². The highest BCUT2D eigenvalue weighted by molar-refractivity contribution is 7.80. The quantitative estimate of drug-likeness (QED) is 0.529. The number of hydrogen-bond acceptors (Lipinski definition) is 3. The van der Waals surface area contributed by atoms with Crippen molar-refractivity contribution < 1.29 is 9.59 Å². The fourth-order valence-corrected chi connectivity index (χ4v) is 1.29. The van der Waals surface area contributed by atoms with Gasteiger partial charge in [-0.05, 0) is 13.3 Å². The van der Waals surface area contributed by atoms with Crippen LogP contribution in [0.15, 0.2) is 0 Å². The molecule has 0 saturated heterocycles. The van der Waals surface area contributed by atoms with Crippen LogP contribution in [0.2, 0.25) is 0 Å². The molecule has 92 valence electrons. The molecular weight excluding hydrogens is 226 g/mol. The molecule has 3 N–H and O–H groups in total. The standard InChI is InChI=1S/C10H19N3O2S/c1-4-5-7(2)13(3)10(15)9(14)12-6-8(11)16/h7H,4-6H2,1-3H3,(H2,11,16)(H,12,14). The normalized spacial score (nSPS) is 11.7. The fourth-order valence-electron chi connectivity index (χ4n) is 1.21. The van der Waals surface area contributed by atoms with Crippen LogP contribution >= 0.6 is 12.2 Å². The lowest BCUT2D eigenvalue weighted by atomic mass is 10.2. The molecule has 0 saturated carbocycles. The first-order valence-corrected chi connectivity index (χ1v) is 5.64. The highest BCUT2D eigenvalue weighted by Gasteiger charge is 2.21. The van der Waals surface area contributed by atoms with Crippen molar-refractivity contribution in [3.05, 3.63) is 0 Å². The van der Waals surface area contributed by atoms with Crippen LogP contribution in [0, 0.1) is 0 Å². The molecule has 0 bridgehead atoms. The van der Waals surface area contributed by atoms with Gasteiger partial charge in [0.1, 0.15) is 0 Å². The van der Waals surface area contributed by atoms with E-state index in [2.05, 4.69) is 17.5 Å². The molecule has 0 aromatic rings. The molecule has 0 rings (SSSR count). The van der Waals surface area contributed by atoms with Gasteiger partial charge in [0.25, 0.3) is 0 Å². The summed E-state index contributed by atoms with van der Waals surface area (Å²) in [5.74, 6) is -1.23. The zero-order valence-corrected chi connectivity index (χ0v) is 10.8. The fraction of sp³-hybridized carbons (Fsp3) is 0.700. The molecule has 0 aliphatic rings. The monoisotopic (exact) mass is 245 g/mol. The van der Waals surface area contributed by atoms with E-state index in [1.807, 2.05) is 13.8 Å². The number of carbonyl (C=O) groups is 2. The smallest absolute Gasteiger partial charge is 0.311 e. The number of nitrogens with one attached hydrogen (secondary N) is 1. The second kappa shape index (κ2) is 7.16. The van der Waals surface area contributed by atoms with Gasteiger partial charge in [0, 0.05) is 13.1 Å². The molecule has 0 heterocycles. The largest absolute Gasteiger partial charge is 0.392 e. The summed E-state index contributed by atoms with van der Waals surface area (Å²) in [6.07, 6.45) is 1.83. The van der Waals surface area contributed by atoms with Crippen molar-refractivity contribution >= 4 is 29.0 Å². The average molecular weight is 245 g/mol. The molecule has 0 fully saturated rings. The minimum absolute atomic E-state index is 0.0491. The summed E-state index contributed by atoms with van der Waals surface area (Å²) < 4.78 is 0. The molecule has 0 aromatic carbocycles. The second-order valence-corrected chi connectivity index (χ2v) is 4.23. The van der Waals surface area contributed by atoms with Crippen LogP contribution in [0.25, 0.3) is 0 Å². The van der Waals surface area contributed by atoms with Crippen molar-refractivity contribution in [1.29, 1.82) is 0 Å². The summed E-state index contributed by atoms with van der Waals surface area (Å²) in [5.41, 5.74) is 5.22. The first-order chi connectivity index (χ1) is 7.40. The highest BCUT2D eigenvalue weighted by Crippen LogP contribution is 2.03. The Kier molecular flexibility index (Phi) is 6.64. The Morgan fingerprint density at radius 3 is 2.50 bits per heavy atom. The van der Waals surface area contributed by atoms with E-state index in [-0.39, 0.29) is 17.6 Å². The van der Waals surface area contributed by atoms with Gasteiger partial charge >= 0.3 is 11.8 Å². The lowest BCUT2D eigenvalue weighted by Gasteiger charge is -2.23. The van der Waals surface area contributed by atoms with Crippen molar-refractivity contribution in [2.75, 3.05) is 13.6 Å². The van der Waals surface area contributed by atoms with Gasteiger partial charge in [-0.3, -0.25) is 9.59 Å². The van der Waals surface area contributed by atoms with Crippen molar-refractivity contribution in [3.63, 3.8) is 0 Å². The Bertz CT molecular complexity index is 281. The number of rotatable bonds is 5. The van der Waals surface area contributed by atoms with Crippen molar-refractivity contribution in [1.82, 2.24) is 10.2 Å². The van der Waals surface area contributed by atoms with Crippen LogP contribution in [-0.4, -0.2) is 41.3 Å². The SMILES string of the molecule is CCCC(C)N(C)C(=O)C(=O)NCC(N)=S. The lowest BCUT2D eigenvalue weighted by molar-refractivity contribution is -0.146. The summed E-state index contributed by atoms with van der Waals surface area (Å²) in [6, 6.07) is 0.0491. The number of nitrogens with zero attached hydrogens (tertiary/aromatic N) is 1. The van der Waals surface area contributed by atoms with E-state index in [9.17, 15) is 9.59 Å². The van der Waals surface area contributed by atoms with Gasteiger partial charge in [0.15, 0.2) is 0 Å². The predicted molar refractivity (Wildman–Crippen MR) is 66.9 cm³/mol. The van der Waals surface area contributed by atoms with Crippen LogP contribution in [0.4, 0.5) is 0 Å². The van der Waals surface area contributed by atoms with E-state index < -0.39 is 11.8 Å². The van der Waals surface area contributed by atoms with Crippen LogP contribution in [-0.2, 0) is 9.59 Å². The molecule has 0 spiro atoms. The van der Waals surface area contributed by atoms with Crippen molar-refractivity contribution in [2.45, 2.75) is 32.7 Å². The molecule has 1 unspecified atom stereocenters. The third kappa shape index (κ3) is 5.06. The molecule has 0 radical (unpaired) electrons. The van der Waals surface area contributed by atoms with E-state index in [1.165, 1.54) is 4.90 Å². The van der Waals surface area contributed by atoms with Crippen LogP contribution < -0.4 is 11.1 Å². The minimum atomic E-state index is -0.668. The lowest BCUT2D eigenvalue weighted by Crippen LogP contribution is -2.46. The maximum absolute atomic E-state index is 11.6. The number of hydrogen-bond donors (Lipinski definition) is 2. The Balaban J connectivity index is 4.21. The molecule has 0 aliphatic heterocycles. The van der Waals surface area contributed by atoms with Gasteiger partial charge < -0.3 is 16.0 Å². The van der Waals surface area contributed by atoms with Crippen LogP contribution in [0.5, 0.6) is 0 Å². The minimum Gasteiger partial charge on any atom is -0.392 e. The molecule has 5 nitrogen and oxygen atoms in total. The van der Waals surface area contributed by atoms with Gasteiger partial charge in [-0.2, -0.15) is 0 Å². The first kappa shape index (κ1) is 14.8. The van der Waals surface area contributed by atoms with E-state index >= 15 is 0 Å². The zero-order chi connectivity index (χ0) is 12.7. The molecule has 6 heteroatoms. The Morgan fingerprint density at radius 2 is 2.06 bits per heavy atom. The predicted octanol–water partition coefficient (Wildman–Crippen LogP) is 0.0357. The first-order valence-electron chi connectivity index (χ1n) is 5.23. The molecule has 16 heavy (non-hydrogen) atoms. The summed E-state index contributed by atoms with van der Waals surface area (Å²) in [7, 11) is 1.61. The Labute approximate surface area is 101 Å². The van der Waals surface area contributed by atoms with Gasteiger partial charge in [-0.15, -0.1) is 0 Å². The van der Waals surface area contributed by atoms with Gasteiger partial charge in [-0.1, -0.05) is 25.6 Å². The molecule has 1 atom stereocenters. The third-order valence-corrected chi connectivity index (χ3v) is 2.45. The van der Waals surface area contributed by atoms with Crippen molar-refractivity contribution in [3.8, 4) is 0 Å². The zero-order valence-electron chi connectivity index (χ0n) is 9.95. The molecule has 2 amide bonds. The Hall–Kier alpha value is -1.17. The number of likely N-dealkylation sites (N-methyl/N-ethyl adjacent to an activating group) is 1. The molecular formula is C10H19N3O2S. The number of amides is 2. The maximum Gasteiger partial charge on any atom is 0.311 e. The number of carbonyl (C=O) groups excluding carboxylic acids is 2. The van der Waals surface area contributed by atoms with E-state index in [4.69, 9.17) is 5.73 Å².